The van der Waals surface area contributed by atoms with Gasteiger partial charge in [-0.05, 0) is 37.1 Å². The van der Waals surface area contributed by atoms with Gasteiger partial charge < -0.3 is 14.6 Å². The first-order chi connectivity index (χ1) is 14.4. The van der Waals surface area contributed by atoms with Gasteiger partial charge in [-0.15, -0.1) is 0 Å². The van der Waals surface area contributed by atoms with E-state index in [1.807, 2.05) is 0 Å². The molecule has 1 aliphatic rings. The van der Waals surface area contributed by atoms with E-state index < -0.39 is 22.5 Å². The summed E-state index contributed by atoms with van der Waals surface area (Å²) in [5, 5.41) is 2.98. The fraction of sp³-hybridized carbons (Fsp3) is 0.429. The van der Waals surface area contributed by atoms with Gasteiger partial charge in [0.2, 0.25) is 21.8 Å². The Kier molecular flexibility index (Phi) is 7.64. The Balaban J connectivity index is 1.62. The molecule has 1 aromatic carbocycles. The molecule has 9 heteroatoms. The number of hydrogen-bond acceptors (Lipinski definition) is 5. The lowest BCUT2D eigenvalue weighted by molar-refractivity contribution is -0.136. The Hall–Kier alpha value is -2.65. The molecule has 0 bridgehead atoms. The average Bonchev–Trinajstić information content (AvgIpc) is 3.26. The summed E-state index contributed by atoms with van der Waals surface area (Å²) in [6.45, 7) is -0.533. The number of furan rings is 1. The van der Waals surface area contributed by atoms with Crippen LogP contribution in [0.5, 0.6) is 0 Å². The summed E-state index contributed by atoms with van der Waals surface area (Å²) >= 11 is 0. The number of amides is 2. The molecule has 162 valence electrons. The quantitative estimate of drug-likeness (QED) is 0.629. The Morgan fingerprint density at radius 1 is 1.03 bits per heavy atom. The van der Waals surface area contributed by atoms with E-state index >= 15 is 0 Å². The van der Waals surface area contributed by atoms with Crippen LogP contribution >= 0.6 is 0 Å². The van der Waals surface area contributed by atoms with Crippen molar-refractivity contribution < 1.29 is 22.4 Å². The van der Waals surface area contributed by atoms with Crippen LogP contribution in [-0.4, -0.2) is 44.3 Å². The highest BCUT2D eigenvalue weighted by Gasteiger charge is 2.23. The summed E-state index contributed by atoms with van der Waals surface area (Å²) in [5.41, 5.74) is 0. The molecule has 30 heavy (non-hydrogen) atoms. The molecule has 2 amide bonds. The first-order valence-corrected chi connectivity index (χ1v) is 11.6. The molecule has 0 aliphatic heterocycles. The third kappa shape index (κ3) is 6.43. The second-order valence-electron chi connectivity index (χ2n) is 7.37. The highest BCUT2D eigenvalue weighted by molar-refractivity contribution is 7.89. The molecule has 0 spiro atoms. The number of nitrogens with zero attached hydrogens (tertiary/aromatic N) is 1. The lowest BCUT2D eigenvalue weighted by Crippen LogP contribution is -2.47. The molecule has 2 aromatic rings. The Morgan fingerprint density at radius 2 is 1.77 bits per heavy atom. The molecule has 1 saturated carbocycles. The molecular formula is C21H27N3O5S. The highest BCUT2D eigenvalue weighted by Crippen LogP contribution is 2.17. The third-order valence-corrected chi connectivity index (χ3v) is 6.47. The van der Waals surface area contributed by atoms with Crippen molar-refractivity contribution in [3.63, 3.8) is 0 Å². The molecule has 1 heterocycles. The second-order valence-corrected chi connectivity index (χ2v) is 9.14. The zero-order valence-corrected chi connectivity index (χ0v) is 17.6. The summed E-state index contributed by atoms with van der Waals surface area (Å²) in [7, 11) is -3.82. The van der Waals surface area contributed by atoms with Gasteiger partial charge in [-0.1, -0.05) is 37.5 Å². The first kappa shape index (κ1) is 22.0. The van der Waals surface area contributed by atoms with Crippen molar-refractivity contribution in [1.82, 2.24) is 14.9 Å². The van der Waals surface area contributed by atoms with Gasteiger partial charge in [-0.3, -0.25) is 9.59 Å². The fourth-order valence-corrected chi connectivity index (χ4v) is 4.46. The maximum Gasteiger partial charge on any atom is 0.241 e. The molecule has 0 radical (unpaired) electrons. The average molecular weight is 434 g/mol. The summed E-state index contributed by atoms with van der Waals surface area (Å²) in [4.78, 5) is 26.6. The zero-order chi connectivity index (χ0) is 21.4. The van der Waals surface area contributed by atoms with E-state index in [0.717, 1.165) is 25.7 Å². The number of benzene rings is 1. The Morgan fingerprint density at radius 3 is 2.43 bits per heavy atom. The van der Waals surface area contributed by atoms with Crippen LogP contribution < -0.4 is 10.0 Å². The molecule has 0 unspecified atom stereocenters. The Labute approximate surface area is 176 Å². The van der Waals surface area contributed by atoms with Crippen molar-refractivity contribution in [2.75, 3.05) is 13.1 Å². The maximum atomic E-state index is 12.8. The van der Waals surface area contributed by atoms with Gasteiger partial charge in [0.05, 0.1) is 24.2 Å². The van der Waals surface area contributed by atoms with Gasteiger partial charge in [0.1, 0.15) is 12.3 Å². The Bertz CT molecular complexity index is 923. The SMILES string of the molecule is O=C(CN(Cc1ccco1)C(=O)CNS(=O)(=O)c1ccccc1)NC1CCCCC1. The number of nitrogens with one attached hydrogen (secondary N) is 2. The molecule has 1 fully saturated rings. The summed E-state index contributed by atoms with van der Waals surface area (Å²) in [5.74, 6) is -0.253. The number of hydrogen-bond donors (Lipinski definition) is 2. The smallest absolute Gasteiger partial charge is 0.241 e. The minimum Gasteiger partial charge on any atom is -0.467 e. The van der Waals surface area contributed by atoms with Gasteiger partial charge in [0.25, 0.3) is 0 Å². The fourth-order valence-electron chi connectivity index (χ4n) is 3.47. The van der Waals surface area contributed by atoms with Crippen LogP contribution in [-0.2, 0) is 26.2 Å². The van der Waals surface area contributed by atoms with E-state index in [4.69, 9.17) is 4.42 Å². The van der Waals surface area contributed by atoms with Gasteiger partial charge >= 0.3 is 0 Å². The van der Waals surface area contributed by atoms with Crippen LogP contribution in [0.3, 0.4) is 0 Å². The van der Waals surface area contributed by atoms with Crippen LogP contribution in [0.1, 0.15) is 37.9 Å². The molecule has 1 aliphatic carbocycles. The minimum atomic E-state index is -3.82. The minimum absolute atomic E-state index is 0.0745. The second kappa shape index (κ2) is 10.4. The summed E-state index contributed by atoms with van der Waals surface area (Å²) in [6.07, 6.45) is 6.71. The monoisotopic (exact) mass is 433 g/mol. The highest BCUT2D eigenvalue weighted by atomic mass is 32.2. The van der Waals surface area contributed by atoms with Gasteiger partial charge in [-0.2, -0.15) is 0 Å². The van der Waals surface area contributed by atoms with E-state index in [1.165, 1.54) is 29.7 Å². The van der Waals surface area contributed by atoms with Crippen molar-refractivity contribution in [1.29, 1.82) is 0 Å². The molecule has 2 N–H and O–H groups in total. The van der Waals surface area contributed by atoms with Crippen molar-refractivity contribution in [3.05, 3.63) is 54.5 Å². The topological polar surface area (TPSA) is 109 Å². The number of carbonyl (C=O) groups excluding carboxylic acids is 2. The lowest BCUT2D eigenvalue weighted by Gasteiger charge is -2.26. The molecule has 0 saturated heterocycles. The molecule has 3 rings (SSSR count). The summed E-state index contributed by atoms with van der Waals surface area (Å²) < 4.78 is 32.4. The van der Waals surface area contributed by atoms with Gasteiger partial charge in [0.15, 0.2) is 0 Å². The van der Waals surface area contributed by atoms with Gasteiger partial charge in [-0.25, -0.2) is 13.1 Å². The molecule has 1 aromatic heterocycles. The molecular weight excluding hydrogens is 406 g/mol. The third-order valence-electron chi connectivity index (χ3n) is 5.05. The van der Waals surface area contributed by atoms with Crippen molar-refractivity contribution in [3.8, 4) is 0 Å². The van der Waals surface area contributed by atoms with Crippen LogP contribution in [0, 0.1) is 0 Å². The van der Waals surface area contributed by atoms with E-state index in [-0.39, 0.29) is 29.9 Å². The summed E-state index contributed by atoms with van der Waals surface area (Å²) in [6, 6.07) is 11.3. The number of carbonyl (C=O) groups is 2. The molecule has 0 atom stereocenters. The van der Waals surface area contributed by atoms with Crippen LogP contribution in [0.15, 0.2) is 58.0 Å². The van der Waals surface area contributed by atoms with Crippen molar-refractivity contribution >= 4 is 21.8 Å². The molecule has 8 nitrogen and oxygen atoms in total. The van der Waals surface area contributed by atoms with Crippen LogP contribution in [0.25, 0.3) is 0 Å². The number of rotatable bonds is 9. The predicted molar refractivity (Wildman–Crippen MR) is 111 cm³/mol. The lowest BCUT2D eigenvalue weighted by atomic mass is 9.95. The first-order valence-electron chi connectivity index (χ1n) is 10.1. The maximum absolute atomic E-state index is 12.8. The van der Waals surface area contributed by atoms with Crippen LogP contribution in [0.4, 0.5) is 0 Å². The van der Waals surface area contributed by atoms with E-state index in [2.05, 4.69) is 10.0 Å². The largest absolute Gasteiger partial charge is 0.467 e. The van der Waals surface area contributed by atoms with Crippen LogP contribution in [0.2, 0.25) is 0 Å². The number of sulfonamides is 1. The van der Waals surface area contributed by atoms with E-state index in [0.29, 0.717) is 5.76 Å². The van der Waals surface area contributed by atoms with Crippen molar-refractivity contribution in [2.24, 2.45) is 0 Å². The normalized spacial score (nSPS) is 14.9. The van der Waals surface area contributed by atoms with Crippen molar-refractivity contribution in [2.45, 2.75) is 49.6 Å². The van der Waals surface area contributed by atoms with Gasteiger partial charge in [0, 0.05) is 6.04 Å². The predicted octanol–water partition coefficient (Wildman–Crippen LogP) is 2.04. The zero-order valence-electron chi connectivity index (χ0n) is 16.7. The van der Waals surface area contributed by atoms with E-state index in [1.54, 1.807) is 30.3 Å². The van der Waals surface area contributed by atoms with E-state index in [9.17, 15) is 18.0 Å². The standard InChI is InChI=1S/C21H27N3O5S/c25-20(23-17-8-3-1-4-9-17)16-24(15-18-10-7-13-29-18)21(26)14-22-30(27,28)19-11-5-2-6-12-19/h2,5-7,10-13,17,22H,1,3-4,8-9,14-16H2,(H,23,25).